The first-order valence-electron chi connectivity index (χ1n) is 14.4. The van der Waals surface area contributed by atoms with Gasteiger partial charge in [0, 0.05) is 5.56 Å². The van der Waals surface area contributed by atoms with E-state index in [1.165, 1.54) is 16.9 Å². The van der Waals surface area contributed by atoms with Gasteiger partial charge in [0.25, 0.3) is 5.56 Å². The van der Waals surface area contributed by atoms with Gasteiger partial charge in [0.1, 0.15) is 0 Å². The number of hydrogen-bond donors (Lipinski definition) is 0. The van der Waals surface area contributed by atoms with E-state index in [4.69, 9.17) is 14.5 Å². The van der Waals surface area contributed by atoms with Gasteiger partial charge in [-0.15, -0.1) is 0 Å². The van der Waals surface area contributed by atoms with Crippen molar-refractivity contribution in [2.75, 3.05) is 14.2 Å². The number of allylic oxidation sites excluding steroid dienone is 1. The normalized spacial score (nSPS) is 16.0. The highest BCUT2D eigenvalue weighted by atomic mass is 32.1. The van der Waals surface area contributed by atoms with Crippen LogP contribution in [0.15, 0.2) is 112 Å². The third-order valence-electron chi connectivity index (χ3n) is 8.68. The zero-order valence-corrected chi connectivity index (χ0v) is 24.7. The number of rotatable bonds is 4. The average molecular weight is 581 g/mol. The van der Waals surface area contributed by atoms with Crippen molar-refractivity contribution >= 4 is 44.7 Å². The molecule has 5 aromatic carbocycles. The average Bonchev–Trinajstić information content (AvgIpc) is 3.37. The number of aryl methyl sites for hydroxylation is 1. The minimum Gasteiger partial charge on any atom is -0.493 e. The Hall–Kier alpha value is -4.94. The van der Waals surface area contributed by atoms with E-state index in [1.807, 2.05) is 22.8 Å². The molecule has 2 heterocycles. The smallest absolute Gasteiger partial charge is 0.271 e. The van der Waals surface area contributed by atoms with Gasteiger partial charge in [0.2, 0.25) is 0 Å². The van der Waals surface area contributed by atoms with Crippen molar-refractivity contribution in [2.24, 2.45) is 4.99 Å². The molecule has 1 atom stereocenters. The van der Waals surface area contributed by atoms with Crippen LogP contribution < -0.4 is 24.4 Å². The summed E-state index contributed by atoms with van der Waals surface area (Å²) < 4.78 is 13.8. The van der Waals surface area contributed by atoms with Crippen LogP contribution in [0.4, 0.5) is 0 Å². The van der Waals surface area contributed by atoms with Gasteiger partial charge in [-0.25, -0.2) is 4.99 Å². The minimum absolute atomic E-state index is 0.0361. The lowest BCUT2D eigenvalue weighted by Gasteiger charge is -2.31. The highest BCUT2D eigenvalue weighted by molar-refractivity contribution is 7.07. The Labute approximate surface area is 252 Å². The van der Waals surface area contributed by atoms with Crippen LogP contribution >= 0.6 is 11.3 Å². The molecule has 1 aliphatic heterocycles. The van der Waals surface area contributed by atoms with E-state index in [0.717, 1.165) is 62.3 Å². The molecule has 0 spiro atoms. The van der Waals surface area contributed by atoms with Gasteiger partial charge < -0.3 is 9.47 Å². The van der Waals surface area contributed by atoms with Crippen molar-refractivity contribution in [3.05, 3.63) is 145 Å². The van der Waals surface area contributed by atoms with Crippen LogP contribution in [0.5, 0.6) is 11.5 Å². The van der Waals surface area contributed by atoms with Crippen LogP contribution in [0.3, 0.4) is 0 Å². The van der Waals surface area contributed by atoms with Crippen LogP contribution in [-0.4, -0.2) is 18.8 Å². The van der Waals surface area contributed by atoms with E-state index in [0.29, 0.717) is 20.8 Å². The molecule has 0 fully saturated rings. The second-order valence-electron chi connectivity index (χ2n) is 11.0. The topological polar surface area (TPSA) is 52.8 Å². The standard InChI is InChI=1S/C37H28N2O3S/c1-41-31-18-16-25(20-32(31)42-2)35-29-17-15-22-9-3-8-14-28(22)34(29)38-37-39(35)36(40)33(43-37)21-30-26-12-6-4-10-23(26)19-24-11-5-7-13-27(24)30/h3-14,16,18-21,35H,15,17H2,1-2H3/b33-21-/t35-/m1/s1. The lowest BCUT2D eigenvalue weighted by Crippen LogP contribution is -2.38. The summed E-state index contributed by atoms with van der Waals surface area (Å²) in [4.78, 5) is 20.4. The molecule has 6 heteroatoms. The predicted molar refractivity (Wildman–Crippen MR) is 174 cm³/mol. The zero-order valence-electron chi connectivity index (χ0n) is 23.8. The predicted octanol–water partition coefficient (Wildman–Crippen LogP) is 6.64. The van der Waals surface area contributed by atoms with Crippen molar-refractivity contribution in [3.8, 4) is 11.5 Å². The third kappa shape index (κ3) is 4.05. The largest absolute Gasteiger partial charge is 0.493 e. The zero-order chi connectivity index (χ0) is 29.1. The molecule has 0 saturated heterocycles. The molecule has 0 saturated carbocycles. The number of aromatic nitrogens is 1. The highest BCUT2D eigenvalue weighted by Gasteiger charge is 2.33. The first-order chi connectivity index (χ1) is 21.1. The molecule has 2 aliphatic rings. The number of hydrogen-bond acceptors (Lipinski definition) is 5. The molecule has 0 unspecified atom stereocenters. The van der Waals surface area contributed by atoms with Gasteiger partial charge in [-0.3, -0.25) is 9.36 Å². The second kappa shape index (κ2) is 10.1. The second-order valence-corrected chi connectivity index (χ2v) is 12.0. The summed E-state index contributed by atoms with van der Waals surface area (Å²) in [5, 5.41) is 4.54. The number of thiazole rings is 1. The van der Waals surface area contributed by atoms with Crippen LogP contribution in [-0.2, 0) is 6.42 Å². The fraction of sp³-hybridized carbons (Fsp3) is 0.135. The molecule has 8 rings (SSSR count). The Morgan fingerprint density at radius 2 is 1.51 bits per heavy atom. The van der Waals surface area contributed by atoms with Crippen LogP contribution in [0.25, 0.3) is 33.3 Å². The number of nitrogens with zero attached hydrogens (tertiary/aromatic N) is 2. The van der Waals surface area contributed by atoms with Crippen molar-refractivity contribution in [1.82, 2.24) is 4.57 Å². The Morgan fingerprint density at radius 3 is 2.26 bits per heavy atom. The summed E-state index contributed by atoms with van der Waals surface area (Å²) in [5.74, 6) is 1.30. The van der Waals surface area contributed by atoms with Crippen LogP contribution in [0, 0.1) is 0 Å². The first-order valence-corrected chi connectivity index (χ1v) is 15.2. The maximum atomic E-state index is 14.5. The van der Waals surface area contributed by atoms with E-state index in [-0.39, 0.29) is 11.6 Å². The Balaban J connectivity index is 1.42. The Bertz CT molecular complexity index is 2260. The third-order valence-corrected chi connectivity index (χ3v) is 9.67. The number of benzene rings is 5. The van der Waals surface area contributed by atoms with Crippen molar-refractivity contribution < 1.29 is 9.47 Å². The molecular weight excluding hydrogens is 552 g/mol. The van der Waals surface area contributed by atoms with Crippen molar-refractivity contribution in [3.63, 3.8) is 0 Å². The number of methoxy groups -OCH3 is 2. The molecule has 6 aromatic rings. The highest BCUT2D eigenvalue weighted by Crippen LogP contribution is 2.43. The van der Waals surface area contributed by atoms with E-state index >= 15 is 0 Å². The Kier molecular flexibility index (Phi) is 6.05. The first kappa shape index (κ1) is 25.7. The van der Waals surface area contributed by atoms with Gasteiger partial charge in [0.15, 0.2) is 16.3 Å². The van der Waals surface area contributed by atoms with Crippen LogP contribution in [0.2, 0.25) is 0 Å². The van der Waals surface area contributed by atoms with Gasteiger partial charge in [-0.1, -0.05) is 90.2 Å². The molecular formula is C37H28N2O3S. The lowest BCUT2D eigenvalue weighted by molar-refractivity contribution is 0.354. The summed E-state index contributed by atoms with van der Waals surface area (Å²) in [6, 6.07) is 33.1. The molecule has 0 radical (unpaired) electrons. The molecule has 1 aromatic heterocycles. The minimum atomic E-state index is -0.300. The summed E-state index contributed by atoms with van der Waals surface area (Å²) in [7, 11) is 3.28. The maximum Gasteiger partial charge on any atom is 0.271 e. The SMILES string of the molecule is COc1ccc([C@@H]2C3=C(N=c4s/c(=C\c5c6ccccc6cc6ccccc56)c(=O)n42)c2ccccc2CC3)cc1OC. The monoisotopic (exact) mass is 580 g/mol. The fourth-order valence-electron chi connectivity index (χ4n) is 6.68. The number of fused-ring (bicyclic) bond motifs is 5. The van der Waals surface area contributed by atoms with Gasteiger partial charge in [-0.05, 0) is 80.9 Å². The summed E-state index contributed by atoms with van der Waals surface area (Å²) >= 11 is 1.46. The Morgan fingerprint density at radius 1 is 0.814 bits per heavy atom. The number of ether oxygens (including phenoxy) is 2. The fourth-order valence-corrected chi connectivity index (χ4v) is 7.66. The van der Waals surface area contributed by atoms with Gasteiger partial charge >= 0.3 is 0 Å². The maximum absolute atomic E-state index is 14.5. The quantitative estimate of drug-likeness (QED) is 0.220. The molecule has 1 aliphatic carbocycles. The molecule has 43 heavy (non-hydrogen) atoms. The summed E-state index contributed by atoms with van der Waals surface area (Å²) in [6.07, 6.45) is 3.80. The van der Waals surface area contributed by atoms with Crippen molar-refractivity contribution in [2.45, 2.75) is 18.9 Å². The van der Waals surface area contributed by atoms with Gasteiger partial charge in [0.05, 0.1) is 30.5 Å². The van der Waals surface area contributed by atoms with E-state index < -0.39 is 0 Å². The summed E-state index contributed by atoms with van der Waals surface area (Å²) in [6.45, 7) is 0. The van der Waals surface area contributed by atoms with E-state index in [9.17, 15) is 4.79 Å². The van der Waals surface area contributed by atoms with E-state index in [2.05, 4.69) is 84.9 Å². The molecule has 5 nitrogen and oxygen atoms in total. The molecule has 0 bridgehead atoms. The van der Waals surface area contributed by atoms with Gasteiger partial charge in [-0.2, -0.15) is 0 Å². The van der Waals surface area contributed by atoms with E-state index in [1.54, 1.807) is 14.2 Å². The molecule has 210 valence electrons. The van der Waals surface area contributed by atoms with Crippen LogP contribution in [0.1, 0.15) is 34.7 Å². The summed E-state index contributed by atoms with van der Waals surface area (Å²) in [5.41, 5.74) is 6.55. The molecule has 0 amide bonds. The van der Waals surface area contributed by atoms with Crippen molar-refractivity contribution in [1.29, 1.82) is 0 Å². The molecule has 0 N–H and O–H groups in total. The lowest BCUT2D eigenvalue weighted by atomic mass is 9.83.